The number of esters is 1. The van der Waals surface area contributed by atoms with Gasteiger partial charge < -0.3 is 9.47 Å². The number of rotatable bonds is 9. The zero-order valence-corrected chi connectivity index (χ0v) is 32.7. The summed E-state index contributed by atoms with van der Waals surface area (Å²) in [6, 6.07) is 28.9. The van der Waals surface area contributed by atoms with Gasteiger partial charge in [0.15, 0.2) is 4.80 Å². The summed E-state index contributed by atoms with van der Waals surface area (Å²) in [5, 5.41) is 0. The van der Waals surface area contributed by atoms with E-state index in [2.05, 4.69) is 61.1 Å². The van der Waals surface area contributed by atoms with Crippen molar-refractivity contribution in [1.29, 1.82) is 0 Å². The number of halogens is 3. The van der Waals surface area contributed by atoms with Gasteiger partial charge in [0.1, 0.15) is 12.4 Å². The van der Waals surface area contributed by atoms with Crippen molar-refractivity contribution in [2.24, 2.45) is 4.99 Å². The van der Waals surface area contributed by atoms with E-state index in [0.717, 1.165) is 44.5 Å². The van der Waals surface area contributed by atoms with Gasteiger partial charge in [-0.3, -0.25) is 9.36 Å². The Kier molecular flexibility index (Phi) is 11.1. The van der Waals surface area contributed by atoms with E-state index in [1.165, 1.54) is 11.3 Å². The van der Waals surface area contributed by atoms with Gasteiger partial charge in [0, 0.05) is 14.9 Å². The summed E-state index contributed by atoms with van der Waals surface area (Å²) in [5.41, 5.74) is 4.15. The number of benzene rings is 4. The summed E-state index contributed by atoms with van der Waals surface area (Å²) < 4.78 is 16.8. The quantitative estimate of drug-likeness (QED) is 0.0848. The van der Waals surface area contributed by atoms with E-state index in [-0.39, 0.29) is 12.2 Å². The Balaban J connectivity index is 1.47. The van der Waals surface area contributed by atoms with Crippen LogP contribution in [0.3, 0.4) is 0 Å². The Bertz CT molecular complexity index is 2140. The average Bonchev–Trinajstić information content (AvgIpc) is 3.38. The molecule has 1 aliphatic rings. The van der Waals surface area contributed by atoms with Crippen LogP contribution in [0.1, 0.15) is 35.2 Å². The Labute approximate surface area is 316 Å². The number of carbonyl (C=O) groups excluding carboxylic acids is 1. The molecular formula is C36H27BrI2N2O4S2. The highest BCUT2D eigenvalue weighted by Crippen LogP contribution is 2.36. The van der Waals surface area contributed by atoms with Crippen LogP contribution in [0.4, 0.5) is 0 Å². The van der Waals surface area contributed by atoms with Crippen molar-refractivity contribution in [3.8, 4) is 5.75 Å². The second kappa shape index (κ2) is 15.2. The first-order chi connectivity index (χ1) is 22.8. The molecule has 11 heteroatoms. The van der Waals surface area contributed by atoms with E-state index in [4.69, 9.17) is 14.5 Å². The van der Waals surface area contributed by atoms with Gasteiger partial charge in [-0.25, -0.2) is 9.79 Å². The van der Waals surface area contributed by atoms with Crippen LogP contribution >= 0.6 is 84.2 Å². The summed E-state index contributed by atoms with van der Waals surface area (Å²) >= 11 is 11.0. The Morgan fingerprint density at radius 3 is 2.34 bits per heavy atom. The summed E-state index contributed by atoms with van der Waals surface area (Å²) in [4.78, 5) is 34.5. The molecule has 0 fully saturated rings. The van der Waals surface area contributed by atoms with E-state index in [1.807, 2.05) is 103 Å². The first kappa shape index (κ1) is 34.2. The summed E-state index contributed by atoms with van der Waals surface area (Å²) in [6.07, 6.45) is 3.90. The van der Waals surface area contributed by atoms with Crippen LogP contribution in [-0.2, 0) is 16.1 Å². The van der Waals surface area contributed by atoms with Crippen molar-refractivity contribution in [2.45, 2.75) is 24.5 Å². The molecule has 47 heavy (non-hydrogen) atoms. The predicted molar refractivity (Wildman–Crippen MR) is 210 cm³/mol. The van der Waals surface area contributed by atoms with Gasteiger partial charge in [0.25, 0.3) is 5.56 Å². The second-order valence-corrected chi connectivity index (χ2v) is 15.6. The fourth-order valence-corrected chi connectivity index (χ4v) is 9.03. The van der Waals surface area contributed by atoms with E-state index in [9.17, 15) is 9.59 Å². The highest BCUT2D eigenvalue weighted by Gasteiger charge is 2.35. The molecule has 0 amide bonds. The maximum absolute atomic E-state index is 14.3. The van der Waals surface area contributed by atoms with Crippen molar-refractivity contribution in [3.05, 3.63) is 150 Å². The van der Waals surface area contributed by atoms with Gasteiger partial charge in [0.05, 0.1) is 35.6 Å². The lowest BCUT2D eigenvalue weighted by Crippen LogP contribution is -2.40. The molecule has 0 unspecified atom stereocenters. The maximum Gasteiger partial charge on any atom is 0.338 e. The lowest BCUT2D eigenvalue weighted by atomic mass is 9.93. The monoisotopic (exact) mass is 948 g/mol. The van der Waals surface area contributed by atoms with Gasteiger partial charge in [-0.2, -0.15) is 0 Å². The number of hydrogen-bond donors (Lipinski definition) is 0. The SMILES string of the molecule is CCOC(=O)C1=C(c2ccccc2)N=c2s/c(=C\c3cc(I)c(OCc4ccc(Br)cc4)c(I)c3)c(=O)n2[C@H]1c1ccc(SC)cc1. The maximum atomic E-state index is 14.3. The topological polar surface area (TPSA) is 69.9 Å². The molecule has 0 N–H and O–H groups in total. The zero-order chi connectivity index (χ0) is 33.1. The molecule has 6 nitrogen and oxygen atoms in total. The van der Waals surface area contributed by atoms with Crippen LogP contribution in [0.25, 0.3) is 11.8 Å². The third kappa shape index (κ3) is 7.48. The summed E-state index contributed by atoms with van der Waals surface area (Å²) in [7, 11) is 0. The third-order valence-electron chi connectivity index (χ3n) is 7.42. The average molecular weight is 949 g/mol. The van der Waals surface area contributed by atoms with E-state index >= 15 is 0 Å². The molecule has 1 atom stereocenters. The molecule has 1 aliphatic heterocycles. The van der Waals surface area contributed by atoms with Gasteiger partial charge in [0.2, 0.25) is 0 Å². The highest BCUT2D eigenvalue weighted by molar-refractivity contribution is 14.1. The van der Waals surface area contributed by atoms with Crippen LogP contribution in [-0.4, -0.2) is 23.4 Å². The van der Waals surface area contributed by atoms with Gasteiger partial charge in [-0.05, 0) is 118 Å². The molecule has 0 aliphatic carbocycles. The first-order valence-corrected chi connectivity index (χ1v) is 19.5. The molecule has 238 valence electrons. The Morgan fingerprint density at radius 2 is 1.70 bits per heavy atom. The number of nitrogens with zero attached hydrogens (tertiary/aromatic N) is 2. The molecule has 0 radical (unpaired) electrons. The van der Waals surface area contributed by atoms with Crippen molar-refractivity contribution >= 4 is 102 Å². The largest absolute Gasteiger partial charge is 0.487 e. The highest BCUT2D eigenvalue weighted by atomic mass is 127. The summed E-state index contributed by atoms with van der Waals surface area (Å²) in [5.74, 6) is 0.305. The minimum atomic E-state index is -0.715. The lowest BCUT2D eigenvalue weighted by Gasteiger charge is -2.26. The van der Waals surface area contributed by atoms with Crippen LogP contribution in [0.2, 0.25) is 0 Å². The number of hydrogen-bond acceptors (Lipinski definition) is 7. The number of thioether (sulfide) groups is 1. The van der Waals surface area contributed by atoms with Gasteiger partial charge in [-0.15, -0.1) is 11.8 Å². The van der Waals surface area contributed by atoms with Crippen LogP contribution in [0, 0.1) is 7.14 Å². The lowest BCUT2D eigenvalue weighted by molar-refractivity contribution is -0.138. The number of thiazole rings is 1. The minimum absolute atomic E-state index is 0.201. The Hall–Kier alpha value is -2.72. The molecule has 1 aromatic heterocycles. The second-order valence-electron chi connectivity index (χ2n) is 10.4. The van der Waals surface area contributed by atoms with E-state index < -0.39 is 12.0 Å². The smallest absolute Gasteiger partial charge is 0.338 e. The van der Waals surface area contributed by atoms with Crippen LogP contribution in [0.5, 0.6) is 5.75 Å². The van der Waals surface area contributed by atoms with E-state index in [0.29, 0.717) is 27.2 Å². The van der Waals surface area contributed by atoms with Crippen molar-refractivity contribution in [2.75, 3.05) is 12.9 Å². The zero-order valence-electron chi connectivity index (χ0n) is 25.2. The number of fused-ring (bicyclic) bond motifs is 1. The fraction of sp³-hybridized carbons (Fsp3) is 0.139. The molecule has 5 aromatic rings. The molecule has 6 rings (SSSR count). The minimum Gasteiger partial charge on any atom is -0.487 e. The van der Waals surface area contributed by atoms with Gasteiger partial charge >= 0.3 is 5.97 Å². The molecule has 4 aromatic carbocycles. The third-order valence-corrected chi connectivity index (χ3v) is 11.3. The number of carbonyl (C=O) groups is 1. The number of aromatic nitrogens is 1. The van der Waals surface area contributed by atoms with Crippen molar-refractivity contribution < 1.29 is 14.3 Å². The molecule has 0 spiro atoms. The molecule has 2 heterocycles. The summed E-state index contributed by atoms with van der Waals surface area (Å²) in [6.45, 7) is 2.42. The van der Waals surface area contributed by atoms with E-state index in [1.54, 1.807) is 23.3 Å². The number of ether oxygens (including phenoxy) is 2. The van der Waals surface area contributed by atoms with Gasteiger partial charge in [-0.1, -0.05) is 81.9 Å². The Morgan fingerprint density at radius 1 is 1.02 bits per heavy atom. The first-order valence-electron chi connectivity index (χ1n) is 14.6. The molecule has 0 saturated carbocycles. The molecule has 0 saturated heterocycles. The van der Waals surface area contributed by atoms with Crippen molar-refractivity contribution in [3.63, 3.8) is 0 Å². The molecular weight excluding hydrogens is 922 g/mol. The fourth-order valence-electron chi connectivity index (χ4n) is 5.23. The predicted octanol–water partition coefficient (Wildman–Crippen LogP) is 8.21. The van der Waals surface area contributed by atoms with Crippen LogP contribution in [0.15, 0.2) is 116 Å². The standard InChI is InChI=1S/C36H27BrI2N2O4S2/c1-3-44-35(43)30-31(23-7-5-4-6-8-23)40-36-41(32(30)24-11-15-26(46-2)16-12-24)34(42)29(47-36)19-22-17-27(38)33(28(39)18-22)45-20-21-9-13-25(37)14-10-21/h4-19,32H,3,20H2,1-2H3/b29-19-/t32-/m0/s1. The van der Waals surface area contributed by atoms with Crippen LogP contribution < -0.4 is 19.6 Å². The normalized spacial score (nSPS) is 14.5. The molecule has 0 bridgehead atoms. The van der Waals surface area contributed by atoms with Crippen molar-refractivity contribution in [1.82, 2.24) is 4.57 Å².